The smallest absolute Gasteiger partial charge is 0.357 e. The summed E-state index contributed by atoms with van der Waals surface area (Å²) in [6.45, 7) is 5.34. The van der Waals surface area contributed by atoms with Crippen molar-refractivity contribution in [3.8, 4) is 0 Å². The molecule has 0 aromatic carbocycles. The number of nitrogens with zero attached hydrogens (tertiary/aromatic N) is 3. The van der Waals surface area contributed by atoms with Crippen LogP contribution in [0.1, 0.15) is 28.8 Å². The molecule has 0 fully saturated rings. The van der Waals surface area contributed by atoms with E-state index in [9.17, 15) is 13.2 Å². The third-order valence-corrected chi connectivity index (χ3v) is 4.22. The fourth-order valence-corrected chi connectivity index (χ4v) is 2.82. The van der Waals surface area contributed by atoms with Crippen LogP contribution in [0.4, 0.5) is 13.2 Å². The molecule has 2 aromatic heterocycles. The van der Waals surface area contributed by atoms with E-state index in [0.717, 1.165) is 28.7 Å². The van der Waals surface area contributed by atoms with E-state index >= 15 is 0 Å². The third-order valence-electron chi connectivity index (χ3n) is 3.38. The van der Waals surface area contributed by atoms with E-state index in [1.807, 2.05) is 26.1 Å². The predicted molar refractivity (Wildman–Crippen MR) is 108 cm³/mol. The number of hydrogen-bond acceptors (Lipinski definition) is 4. The van der Waals surface area contributed by atoms with Gasteiger partial charge in [0.25, 0.3) is 0 Å². The number of aryl methyl sites for hydroxylation is 1. The highest BCUT2D eigenvalue weighted by molar-refractivity contribution is 14.0. The van der Waals surface area contributed by atoms with Crippen LogP contribution in [-0.2, 0) is 19.1 Å². The number of guanidine groups is 1. The molecule has 2 N–H and O–H groups in total. The van der Waals surface area contributed by atoms with E-state index in [-0.39, 0.29) is 30.5 Å². The minimum atomic E-state index is -4.41. The number of alkyl halides is 3. The molecule has 0 aliphatic rings. The van der Waals surface area contributed by atoms with Crippen molar-refractivity contribution in [2.45, 2.75) is 33.0 Å². The number of halogens is 4. The van der Waals surface area contributed by atoms with Gasteiger partial charge in [-0.25, -0.2) is 9.98 Å². The molecule has 0 saturated carbocycles. The first-order chi connectivity index (χ1) is 11.9. The average molecular weight is 499 g/mol. The van der Waals surface area contributed by atoms with Gasteiger partial charge in [-0.2, -0.15) is 13.2 Å². The van der Waals surface area contributed by atoms with Gasteiger partial charge in [-0.1, -0.05) is 0 Å². The van der Waals surface area contributed by atoms with Gasteiger partial charge in [-0.05, 0) is 37.5 Å². The first-order valence-electron chi connectivity index (χ1n) is 7.83. The molecule has 26 heavy (non-hydrogen) atoms. The van der Waals surface area contributed by atoms with E-state index in [1.165, 1.54) is 5.56 Å². The summed E-state index contributed by atoms with van der Waals surface area (Å²) in [5.74, 6) is 0.554. The van der Waals surface area contributed by atoms with Gasteiger partial charge in [0.05, 0.1) is 6.54 Å². The first-order valence-corrected chi connectivity index (χ1v) is 8.71. The lowest BCUT2D eigenvalue weighted by Crippen LogP contribution is -2.38. The normalized spacial score (nSPS) is 11.8. The van der Waals surface area contributed by atoms with Crippen LogP contribution in [-0.4, -0.2) is 29.0 Å². The highest BCUT2D eigenvalue weighted by Gasteiger charge is 2.33. The summed E-state index contributed by atoms with van der Waals surface area (Å²) in [6, 6.07) is 1.97. The maximum absolute atomic E-state index is 12.6. The molecule has 0 spiro atoms. The van der Waals surface area contributed by atoms with E-state index in [1.54, 1.807) is 6.20 Å². The summed E-state index contributed by atoms with van der Waals surface area (Å²) >= 11 is 0.958. The lowest BCUT2D eigenvalue weighted by Gasteiger charge is -2.11. The number of pyridine rings is 1. The lowest BCUT2D eigenvalue weighted by molar-refractivity contribution is -0.140. The van der Waals surface area contributed by atoms with Gasteiger partial charge >= 0.3 is 6.18 Å². The summed E-state index contributed by atoms with van der Waals surface area (Å²) in [5, 5.41) is 7.59. The molecule has 0 radical (unpaired) electrons. The van der Waals surface area contributed by atoms with Crippen molar-refractivity contribution in [2.75, 3.05) is 13.1 Å². The molecule has 2 rings (SSSR count). The fraction of sp³-hybridized carbons (Fsp3) is 0.438. The van der Waals surface area contributed by atoms with Crippen molar-refractivity contribution in [3.63, 3.8) is 0 Å². The maximum Gasteiger partial charge on any atom is 0.434 e. The second-order valence-corrected chi connectivity index (χ2v) is 6.24. The van der Waals surface area contributed by atoms with Crippen molar-refractivity contribution in [3.05, 3.63) is 45.7 Å². The average Bonchev–Trinajstić information content (AvgIpc) is 3.03. The third kappa shape index (κ3) is 7.06. The second-order valence-electron chi connectivity index (χ2n) is 5.30. The van der Waals surface area contributed by atoms with Crippen molar-refractivity contribution in [1.29, 1.82) is 0 Å². The molecular formula is C16H21F3IN5S. The van der Waals surface area contributed by atoms with Crippen LogP contribution in [0.3, 0.4) is 0 Å². The number of aliphatic imine (C=N–C) groups is 1. The molecule has 0 bridgehead atoms. The van der Waals surface area contributed by atoms with Crippen LogP contribution in [0.2, 0.25) is 0 Å². The molecular weight excluding hydrogens is 478 g/mol. The van der Waals surface area contributed by atoms with Crippen LogP contribution >= 0.6 is 35.3 Å². The zero-order chi connectivity index (χ0) is 18.3. The fourth-order valence-electron chi connectivity index (χ4n) is 2.10. The highest BCUT2D eigenvalue weighted by Crippen LogP contribution is 2.30. The summed E-state index contributed by atoms with van der Waals surface area (Å²) in [5.41, 5.74) is 1.44. The summed E-state index contributed by atoms with van der Waals surface area (Å²) in [4.78, 5) is 11.9. The molecule has 10 heteroatoms. The van der Waals surface area contributed by atoms with E-state index < -0.39 is 11.9 Å². The number of hydrogen-bond donors (Lipinski definition) is 2. The minimum absolute atomic E-state index is 0. The molecule has 0 unspecified atom stereocenters. The molecule has 0 amide bonds. The SMILES string of the molecule is CCNC(=NCc1nc(C(F)(F)F)cs1)NCCc1ccncc1C.I. The quantitative estimate of drug-likeness (QED) is 0.361. The second kappa shape index (κ2) is 10.7. The molecule has 2 heterocycles. The van der Waals surface area contributed by atoms with Gasteiger partial charge in [0, 0.05) is 30.9 Å². The Hall–Kier alpha value is -1.43. The Morgan fingerprint density at radius 1 is 1.31 bits per heavy atom. The molecule has 2 aromatic rings. The van der Waals surface area contributed by atoms with E-state index in [0.29, 0.717) is 24.1 Å². The van der Waals surface area contributed by atoms with Crippen molar-refractivity contribution in [1.82, 2.24) is 20.6 Å². The van der Waals surface area contributed by atoms with Crippen molar-refractivity contribution < 1.29 is 13.2 Å². The van der Waals surface area contributed by atoms with Gasteiger partial charge in [0.1, 0.15) is 5.01 Å². The number of nitrogens with one attached hydrogen (secondary N) is 2. The molecule has 0 aliphatic heterocycles. The van der Waals surface area contributed by atoms with Crippen LogP contribution in [0.25, 0.3) is 0 Å². The van der Waals surface area contributed by atoms with Crippen LogP contribution < -0.4 is 10.6 Å². The first kappa shape index (κ1) is 22.6. The zero-order valence-corrected chi connectivity index (χ0v) is 17.6. The maximum atomic E-state index is 12.6. The number of thiazole rings is 1. The predicted octanol–water partition coefficient (Wildman–Crippen LogP) is 3.78. The van der Waals surface area contributed by atoms with Gasteiger partial charge in [-0.15, -0.1) is 35.3 Å². The molecule has 0 saturated heterocycles. The molecule has 0 aliphatic carbocycles. The Balaban J connectivity index is 0.00000338. The molecule has 0 atom stereocenters. The minimum Gasteiger partial charge on any atom is -0.357 e. The summed E-state index contributed by atoms with van der Waals surface area (Å²) in [7, 11) is 0. The Kier molecular flexibility index (Phi) is 9.27. The summed E-state index contributed by atoms with van der Waals surface area (Å²) in [6.07, 6.45) is -0.0461. The molecule has 144 valence electrons. The number of rotatable bonds is 6. The zero-order valence-electron chi connectivity index (χ0n) is 14.4. The largest absolute Gasteiger partial charge is 0.434 e. The molecule has 5 nitrogen and oxygen atoms in total. The van der Waals surface area contributed by atoms with Crippen molar-refractivity contribution >= 4 is 41.3 Å². The van der Waals surface area contributed by atoms with Gasteiger partial charge in [0.15, 0.2) is 11.7 Å². The van der Waals surface area contributed by atoms with Crippen LogP contribution in [0.15, 0.2) is 28.8 Å². The van der Waals surface area contributed by atoms with Crippen molar-refractivity contribution in [2.24, 2.45) is 4.99 Å². The lowest BCUT2D eigenvalue weighted by atomic mass is 10.1. The van der Waals surface area contributed by atoms with Gasteiger partial charge in [-0.3, -0.25) is 4.98 Å². The Labute approximate surface area is 171 Å². The Bertz CT molecular complexity index is 718. The Morgan fingerprint density at radius 2 is 2.08 bits per heavy atom. The van der Waals surface area contributed by atoms with E-state index in [2.05, 4.69) is 25.6 Å². The highest BCUT2D eigenvalue weighted by atomic mass is 127. The summed E-state index contributed by atoms with van der Waals surface area (Å²) < 4.78 is 37.7. The Morgan fingerprint density at radius 3 is 2.69 bits per heavy atom. The van der Waals surface area contributed by atoms with Crippen LogP contribution in [0, 0.1) is 6.92 Å². The van der Waals surface area contributed by atoms with Gasteiger partial charge in [0.2, 0.25) is 0 Å². The van der Waals surface area contributed by atoms with E-state index in [4.69, 9.17) is 0 Å². The van der Waals surface area contributed by atoms with Crippen LogP contribution in [0.5, 0.6) is 0 Å². The number of aromatic nitrogens is 2. The monoisotopic (exact) mass is 499 g/mol. The topological polar surface area (TPSA) is 62.2 Å². The van der Waals surface area contributed by atoms with Gasteiger partial charge < -0.3 is 10.6 Å². The standard InChI is InChI=1S/C16H20F3N5S.HI/c1-3-21-15(22-7-5-12-4-6-20-8-11(12)2)23-9-14-24-13(10-25-14)16(17,18)19;/h4,6,8,10H,3,5,7,9H2,1-2H3,(H2,21,22,23);1H.